The molecule has 1 fully saturated rings. The minimum absolute atomic E-state index is 0.0161. The second-order valence-electron chi connectivity index (χ2n) is 11.5. The van der Waals surface area contributed by atoms with Crippen LogP contribution in [-0.2, 0) is 25.4 Å². The number of carbonyl (C=O) groups excluding carboxylic acids is 3. The average molecular weight is 684 g/mol. The molecule has 15 nitrogen and oxygen atoms in total. The number of amides is 2. The molecule has 0 aliphatic carbocycles. The minimum Gasteiger partial charge on any atom is -0.481 e. The molecule has 2 atom stereocenters. The number of aromatic nitrogens is 5. The highest BCUT2D eigenvalue weighted by molar-refractivity contribution is 7.52. The van der Waals surface area contributed by atoms with Crippen LogP contribution in [0.3, 0.4) is 0 Å². The van der Waals surface area contributed by atoms with Crippen molar-refractivity contribution in [2.24, 2.45) is 5.92 Å². The molecule has 2 N–H and O–H groups in total. The Balaban J connectivity index is 1.33. The van der Waals surface area contributed by atoms with E-state index in [9.17, 15) is 28.6 Å². The van der Waals surface area contributed by atoms with Crippen LogP contribution in [0.4, 0.5) is 4.39 Å². The highest BCUT2D eigenvalue weighted by Gasteiger charge is 2.33. The monoisotopic (exact) mass is 683 g/mol. The molecule has 4 heterocycles. The van der Waals surface area contributed by atoms with Crippen molar-refractivity contribution in [2.75, 3.05) is 32.3 Å². The lowest BCUT2D eigenvalue weighted by Crippen LogP contribution is -2.52. The van der Waals surface area contributed by atoms with Gasteiger partial charge in [0.25, 0.3) is 17.6 Å². The number of carboxylic acids is 1. The van der Waals surface area contributed by atoms with Crippen molar-refractivity contribution in [1.29, 1.82) is 0 Å². The molecular formula is C31H35FN7O8P. The summed E-state index contributed by atoms with van der Waals surface area (Å²) >= 11 is 0. The number of hydrogen-bond donors (Lipinski definition) is 2. The Morgan fingerprint density at radius 2 is 1.75 bits per heavy atom. The molecular weight excluding hydrogens is 648 g/mol. The molecule has 2 amide bonds. The minimum atomic E-state index is -4.18. The first-order valence-corrected chi connectivity index (χ1v) is 17.1. The van der Waals surface area contributed by atoms with Crippen LogP contribution in [0.5, 0.6) is 0 Å². The van der Waals surface area contributed by atoms with Crippen molar-refractivity contribution >= 4 is 42.1 Å². The lowest BCUT2D eigenvalue weighted by atomic mass is 10.0. The number of Topliss-reactive ketones (excluding diaryl/α,β-unsaturated/α-hetero) is 1. The Kier molecular flexibility index (Phi) is 10.8. The van der Waals surface area contributed by atoms with Crippen LogP contribution in [0, 0.1) is 11.7 Å². The van der Waals surface area contributed by atoms with Gasteiger partial charge in [-0.2, -0.15) is 0 Å². The number of carbonyl (C=O) groups is 4. The molecule has 1 aliphatic rings. The van der Waals surface area contributed by atoms with Gasteiger partial charge < -0.3 is 24.4 Å². The predicted octanol–water partition coefficient (Wildman–Crippen LogP) is 3.36. The van der Waals surface area contributed by atoms with Crippen molar-refractivity contribution in [3.8, 4) is 5.82 Å². The van der Waals surface area contributed by atoms with Gasteiger partial charge in [-0.25, -0.2) is 14.1 Å². The standard InChI is InChI=1S/C31H35FN7O8P/c1-21(31(43)44)8-4-3-7-17-48(45,46)47-20-38-19-23(25-24(32)18-33-28(26(25)38)39-12-11-34-35-39)27(40)30(42)37-15-13-36(14-16-37)29(41)22-9-5-2-6-10-22/h2,5-6,9-12,18-19,21H,3-4,7-8,13-17,20H2,1H3,(H,43,44)(H,45,46)/t21-/m0/s1. The Bertz CT molecular complexity index is 1840. The number of piperazine rings is 1. The van der Waals surface area contributed by atoms with Crippen LogP contribution in [0.2, 0.25) is 0 Å². The molecule has 254 valence electrons. The van der Waals surface area contributed by atoms with Gasteiger partial charge in [0.15, 0.2) is 11.6 Å². The van der Waals surface area contributed by atoms with Gasteiger partial charge in [-0.3, -0.25) is 28.3 Å². The summed E-state index contributed by atoms with van der Waals surface area (Å²) < 4.78 is 36.1. The average Bonchev–Trinajstić information content (AvgIpc) is 3.76. The van der Waals surface area contributed by atoms with Crippen LogP contribution in [0.25, 0.3) is 16.7 Å². The fourth-order valence-electron chi connectivity index (χ4n) is 5.46. The lowest BCUT2D eigenvalue weighted by molar-refractivity contribution is -0.141. The molecule has 4 aromatic rings. The summed E-state index contributed by atoms with van der Waals surface area (Å²) in [7, 11) is -4.18. The summed E-state index contributed by atoms with van der Waals surface area (Å²) in [6, 6.07) is 8.70. The normalized spacial score (nSPS) is 15.3. The molecule has 48 heavy (non-hydrogen) atoms. The Labute approximate surface area is 274 Å². The molecule has 0 saturated carbocycles. The smallest absolute Gasteiger partial charge is 0.329 e. The maximum atomic E-state index is 15.4. The van der Waals surface area contributed by atoms with Gasteiger partial charge in [0.1, 0.15) is 6.73 Å². The zero-order valence-electron chi connectivity index (χ0n) is 26.1. The Morgan fingerprint density at radius 1 is 1.04 bits per heavy atom. The first kappa shape index (κ1) is 34.5. The highest BCUT2D eigenvalue weighted by atomic mass is 31.2. The fourth-order valence-corrected chi connectivity index (χ4v) is 6.52. The van der Waals surface area contributed by atoms with Gasteiger partial charge in [0.05, 0.1) is 47.1 Å². The van der Waals surface area contributed by atoms with E-state index >= 15 is 4.39 Å². The number of fused-ring (bicyclic) bond motifs is 1. The molecule has 0 spiro atoms. The van der Waals surface area contributed by atoms with E-state index in [2.05, 4.69) is 15.3 Å². The number of ketones is 1. The topological polar surface area (TPSA) is 190 Å². The van der Waals surface area contributed by atoms with Gasteiger partial charge in [0.2, 0.25) is 0 Å². The largest absolute Gasteiger partial charge is 0.481 e. The summed E-state index contributed by atoms with van der Waals surface area (Å²) in [5, 5.41) is 16.4. The summed E-state index contributed by atoms with van der Waals surface area (Å²) in [5.41, 5.74) is 0.189. The highest BCUT2D eigenvalue weighted by Crippen LogP contribution is 2.44. The van der Waals surface area contributed by atoms with Crippen molar-refractivity contribution in [3.05, 3.63) is 72.1 Å². The number of rotatable bonds is 14. The van der Waals surface area contributed by atoms with E-state index in [1.807, 2.05) is 0 Å². The van der Waals surface area contributed by atoms with E-state index in [0.717, 1.165) is 6.20 Å². The van der Waals surface area contributed by atoms with Crippen LogP contribution < -0.4 is 0 Å². The third-order valence-electron chi connectivity index (χ3n) is 8.18. The molecule has 1 aliphatic heterocycles. The summed E-state index contributed by atoms with van der Waals surface area (Å²) in [5.74, 6) is -4.41. The molecule has 3 aromatic heterocycles. The van der Waals surface area contributed by atoms with Crippen molar-refractivity contribution in [3.63, 3.8) is 0 Å². The number of pyridine rings is 1. The fraction of sp³-hybridized carbons (Fsp3) is 0.387. The summed E-state index contributed by atoms with van der Waals surface area (Å²) in [6.07, 6.45) is 6.44. The van der Waals surface area contributed by atoms with E-state index in [1.165, 1.54) is 32.7 Å². The number of unbranched alkanes of at least 4 members (excludes halogenated alkanes) is 2. The van der Waals surface area contributed by atoms with Crippen LogP contribution in [0.1, 0.15) is 53.3 Å². The molecule has 1 unspecified atom stereocenters. The third kappa shape index (κ3) is 7.84. The maximum absolute atomic E-state index is 15.4. The van der Waals surface area contributed by atoms with Gasteiger partial charge >= 0.3 is 13.6 Å². The molecule has 5 rings (SSSR count). The van der Waals surface area contributed by atoms with Gasteiger partial charge in [-0.15, -0.1) is 5.10 Å². The zero-order chi connectivity index (χ0) is 34.4. The number of carboxylic acid groups (broad SMARTS) is 1. The Morgan fingerprint density at radius 3 is 2.42 bits per heavy atom. The van der Waals surface area contributed by atoms with E-state index in [4.69, 9.17) is 9.63 Å². The second-order valence-corrected chi connectivity index (χ2v) is 13.5. The van der Waals surface area contributed by atoms with Crippen LogP contribution in [-0.4, -0.2) is 100 Å². The quantitative estimate of drug-likeness (QED) is 0.0858. The molecule has 1 aromatic carbocycles. The second kappa shape index (κ2) is 15.0. The first-order valence-electron chi connectivity index (χ1n) is 15.4. The third-order valence-corrected chi connectivity index (χ3v) is 9.58. The number of halogens is 1. The predicted molar refractivity (Wildman–Crippen MR) is 169 cm³/mol. The zero-order valence-corrected chi connectivity index (χ0v) is 27.0. The first-order chi connectivity index (χ1) is 23.0. The molecule has 0 bridgehead atoms. The van der Waals surface area contributed by atoms with Crippen molar-refractivity contribution in [1.82, 2.24) is 34.3 Å². The van der Waals surface area contributed by atoms with Crippen LogP contribution >= 0.6 is 7.60 Å². The molecule has 0 radical (unpaired) electrons. The molecule has 1 saturated heterocycles. The van der Waals surface area contributed by atoms with E-state index in [1.54, 1.807) is 42.2 Å². The Hall–Kier alpha value is -4.79. The van der Waals surface area contributed by atoms with E-state index in [0.29, 0.717) is 31.2 Å². The summed E-state index contributed by atoms with van der Waals surface area (Å²) in [4.78, 5) is 68.4. The van der Waals surface area contributed by atoms with Gasteiger partial charge in [-0.1, -0.05) is 43.2 Å². The number of aliphatic carboxylic acids is 1. The number of hydrogen-bond acceptors (Lipinski definition) is 9. The van der Waals surface area contributed by atoms with Crippen LogP contribution in [0.15, 0.2) is 55.1 Å². The lowest BCUT2D eigenvalue weighted by Gasteiger charge is -2.34. The van der Waals surface area contributed by atoms with E-state index < -0.39 is 43.7 Å². The van der Waals surface area contributed by atoms with Crippen molar-refractivity contribution < 1.29 is 42.7 Å². The maximum Gasteiger partial charge on any atom is 0.329 e. The van der Waals surface area contributed by atoms with E-state index in [-0.39, 0.29) is 60.5 Å². The van der Waals surface area contributed by atoms with Crippen molar-refractivity contribution in [2.45, 2.75) is 39.3 Å². The number of benzene rings is 1. The SMILES string of the molecule is C[C@@H](CCCCCP(=O)(O)OCn1cc(C(=O)C(=O)N2CCN(C(=O)c3ccccc3)CC2)c2c(F)cnc(-n3ccnn3)c21)C(=O)O. The van der Waals surface area contributed by atoms with Gasteiger partial charge in [0, 0.05) is 37.9 Å². The number of nitrogens with zero attached hydrogens (tertiary/aromatic N) is 7. The van der Waals surface area contributed by atoms with Gasteiger partial charge in [-0.05, 0) is 25.0 Å². The molecule has 17 heteroatoms. The summed E-state index contributed by atoms with van der Waals surface area (Å²) in [6.45, 7) is 1.57.